The molecule has 2 aliphatic heterocycles. The molecule has 12 heteroatoms. The van der Waals surface area contributed by atoms with Crippen molar-refractivity contribution in [1.82, 2.24) is 0 Å². The molecule has 2 aliphatic rings. The minimum absolute atomic E-state index is 0.495. The third-order valence-electron chi connectivity index (χ3n) is 6.21. The average Bonchev–Trinajstić information content (AvgIpc) is 3.43. The van der Waals surface area contributed by atoms with Crippen LogP contribution in [-0.2, 0) is 43.2 Å². The Balaban J connectivity index is 1.42. The minimum Gasteiger partial charge on any atom is -0.456 e. The summed E-state index contributed by atoms with van der Waals surface area (Å²) in [6.07, 6.45) is -3.18. The summed E-state index contributed by atoms with van der Waals surface area (Å²) in [5.41, 5.74) is 0. The van der Waals surface area contributed by atoms with Crippen molar-refractivity contribution in [3.05, 3.63) is 91.0 Å². The van der Waals surface area contributed by atoms with Gasteiger partial charge in [-0.3, -0.25) is 0 Å². The van der Waals surface area contributed by atoms with Crippen LogP contribution in [0, 0.1) is 0 Å². The van der Waals surface area contributed by atoms with Gasteiger partial charge in [0.1, 0.15) is 12.7 Å². The monoisotopic (exact) mass is 592 g/mol. The number of alkyl halides is 2. The van der Waals surface area contributed by atoms with Gasteiger partial charge in [-0.15, -0.1) is 0 Å². The number of cyclic esters (lactones) is 1. The van der Waals surface area contributed by atoms with E-state index in [0.29, 0.717) is 14.7 Å². The Labute approximate surface area is 233 Å². The van der Waals surface area contributed by atoms with Crippen LogP contribution in [-0.4, -0.2) is 52.1 Å². The zero-order chi connectivity index (χ0) is 28.5. The highest BCUT2D eigenvalue weighted by molar-refractivity contribution is 8.32. The number of carbonyl (C=O) groups excluding carboxylic acids is 2. The summed E-state index contributed by atoms with van der Waals surface area (Å²) in [6.45, 7) is 2.42. The summed E-state index contributed by atoms with van der Waals surface area (Å²) in [5, 5.41) is -4.56. The van der Waals surface area contributed by atoms with Crippen LogP contribution >= 0.6 is 10.3 Å². The molecule has 2 fully saturated rings. The summed E-state index contributed by atoms with van der Waals surface area (Å²) < 4.78 is 70.8. The van der Waals surface area contributed by atoms with E-state index < -0.39 is 69.3 Å². The van der Waals surface area contributed by atoms with Gasteiger partial charge in [0.2, 0.25) is 0 Å². The zero-order valence-corrected chi connectivity index (χ0v) is 23.1. The molecular formula is C28H26F2O8S2. The molecule has 5 rings (SSSR count). The Morgan fingerprint density at radius 3 is 1.85 bits per heavy atom. The third kappa shape index (κ3) is 5.29. The van der Waals surface area contributed by atoms with Crippen molar-refractivity contribution < 1.29 is 45.2 Å². The van der Waals surface area contributed by atoms with Crippen LogP contribution in [0.15, 0.2) is 106 Å². The van der Waals surface area contributed by atoms with E-state index in [1.165, 1.54) is 0 Å². The Kier molecular flexibility index (Phi) is 7.81. The zero-order valence-electron chi connectivity index (χ0n) is 21.4. The van der Waals surface area contributed by atoms with Crippen molar-refractivity contribution in [2.24, 2.45) is 0 Å². The van der Waals surface area contributed by atoms with Gasteiger partial charge < -0.3 is 18.9 Å². The standard InChI is InChI=1S/C28H26F2O8S2/c1-27(2)36-23-22(35-25(31)24(23)37-27)18-34-26(32)28(29,30)39(33)38-40(19-12-6-3-7-13-19,20-14-8-4-9-15-20)21-16-10-5-11-17-21/h3-17,22-24H,18H2,1-2H3. The lowest BCUT2D eigenvalue weighted by Crippen LogP contribution is -2.40. The Hall–Kier alpha value is -3.16. The molecule has 4 unspecified atom stereocenters. The number of halogens is 2. The number of benzene rings is 3. The molecule has 2 saturated heterocycles. The molecule has 2 heterocycles. The first kappa shape index (κ1) is 28.4. The third-order valence-corrected chi connectivity index (χ3v) is 10.9. The molecule has 0 spiro atoms. The minimum atomic E-state index is -4.56. The van der Waals surface area contributed by atoms with Crippen LogP contribution in [0.3, 0.4) is 0 Å². The van der Waals surface area contributed by atoms with Crippen molar-refractivity contribution in [3.8, 4) is 0 Å². The van der Waals surface area contributed by atoms with Crippen molar-refractivity contribution in [3.63, 3.8) is 0 Å². The molecule has 0 saturated carbocycles. The van der Waals surface area contributed by atoms with Crippen LogP contribution in [0.25, 0.3) is 0 Å². The van der Waals surface area contributed by atoms with E-state index in [-0.39, 0.29) is 0 Å². The summed E-state index contributed by atoms with van der Waals surface area (Å²) >= 11 is -3.49. The first-order valence-corrected chi connectivity index (χ1v) is 14.9. The number of rotatable bonds is 9. The van der Waals surface area contributed by atoms with Crippen molar-refractivity contribution in [2.75, 3.05) is 6.61 Å². The highest BCUT2D eigenvalue weighted by Gasteiger charge is 2.57. The highest BCUT2D eigenvalue weighted by Crippen LogP contribution is 2.70. The Morgan fingerprint density at radius 2 is 1.38 bits per heavy atom. The topological polar surface area (TPSA) is 97.4 Å². The smallest absolute Gasteiger partial charge is 0.440 e. The van der Waals surface area contributed by atoms with E-state index in [4.69, 9.17) is 22.6 Å². The van der Waals surface area contributed by atoms with E-state index in [1.54, 1.807) is 105 Å². The predicted octanol–water partition coefficient (Wildman–Crippen LogP) is 5.15. The Morgan fingerprint density at radius 1 is 0.900 bits per heavy atom. The fourth-order valence-electron chi connectivity index (χ4n) is 4.46. The first-order valence-electron chi connectivity index (χ1n) is 12.3. The predicted molar refractivity (Wildman–Crippen MR) is 141 cm³/mol. The lowest BCUT2D eigenvalue weighted by atomic mass is 10.1. The normalized spacial score (nSPS) is 23.2. The summed E-state index contributed by atoms with van der Waals surface area (Å²) in [4.78, 5) is 26.2. The van der Waals surface area contributed by atoms with Crippen LogP contribution in [0.4, 0.5) is 8.78 Å². The van der Waals surface area contributed by atoms with E-state index in [0.717, 1.165) is 0 Å². The maximum atomic E-state index is 15.4. The van der Waals surface area contributed by atoms with Gasteiger partial charge in [0.15, 0.2) is 18.0 Å². The Bertz CT molecular complexity index is 1290. The van der Waals surface area contributed by atoms with Crippen molar-refractivity contribution in [1.29, 1.82) is 0 Å². The number of hydrogen-bond donors (Lipinski definition) is 0. The van der Waals surface area contributed by atoms with E-state index in [2.05, 4.69) is 0 Å². The van der Waals surface area contributed by atoms with Gasteiger partial charge in [-0.25, -0.2) is 17.4 Å². The lowest BCUT2D eigenvalue weighted by Gasteiger charge is -2.39. The SMILES string of the molecule is CC1(C)OC2C(=O)OC(COC(=O)C(F)(F)S(=O)OS(c3ccccc3)(c3ccccc3)c3ccccc3)C2O1. The molecule has 0 bridgehead atoms. The van der Waals surface area contributed by atoms with Gasteiger partial charge in [0.25, 0.3) is 11.1 Å². The molecule has 0 radical (unpaired) electrons. The number of esters is 2. The lowest BCUT2D eigenvalue weighted by molar-refractivity contribution is -0.193. The number of hydrogen-bond acceptors (Lipinski definition) is 8. The van der Waals surface area contributed by atoms with Gasteiger partial charge in [-0.1, -0.05) is 54.6 Å². The second-order valence-electron chi connectivity index (χ2n) is 9.41. The number of ether oxygens (including phenoxy) is 4. The number of carbonyl (C=O) groups is 2. The molecule has 0 aromatic heterocycles. The quantitative estimate of drug-likeness (QED) is 0.315. The molecule has 4 atom stereocenters. The summed E-state index contributed by atoms with van der Waals surface area (Å²) in [6, 6.07) is 25.7. The van der Waals surface area contributed by atoms with Crippen molar-refractivity contribution in [2.45, 2.75) is 57.9 Å². The summed E-state index contributed by atoms with van der Waals surface area (Å²) in [5.74, 6) is -3.95. The van der Waals surface area contributed by atoms with E-state index >= 15 is 8.78 Å². The molecule has 40 heavy (non-hydrogen) atoms. The molecule has 212 valence electrons. The maximum absolute atomic E-state index is 15.4. The fraction of sp³-hybridized carbons (Fsp3) is 0.286. The molecule has 0 amide bonds. The van der Waals surface area contributed by atoms with Gasteiger partial charge in [0, 0.05) is 14.7 Å². The van der Waals surface area contributed by atoms with Crippen LogP contribution in [0.1, 0.15) is 13.8 Å². The summed E-state index contributed by atoms with van der Waals surface area (Å²) in [7, 11) is -3.00. The fourth-order valence-corrected chi connectivity index (χ4v) is 9.12. The van der Waals surface area contributed by atoms with Gasteiger partial charge >= 0.3 is 17.2 Å². The average molecular weight is 593 g/mol. The molecule has 3 aromatic rings. The molecule has 0 aliphatic carbocycles. The van der Waals surface area contributed by atoms with Crippen LogP contribution in [0.5, 0.6) is 0 Å². The van der Waals surface area contributed by atoms with E-state index in [9.17, 15) is 13.8 Å². The van der Waals surface area contributed by atoms with Gasteiger partial charge in [-0.05, 0) is 60.6 Å². The molecule has 3 aromatic carbocycles. The molecular weight excluding hydrogens is 566 g/mol. The highest BCUT2D eigenvalue weighted by atomic mass is 32.3. The van der Waals surface area contributed by atoms with Gasteiger partial charge in [0.05, 0.1) is 0 Å². The second kappa shape index (κ2) is 11.0. The maximum Gasteiger partial charge on any atom is 0.440 e. The molecule has 8 nitrogen and oxygen atoms in total. The second-order valence-corrected chi connectivity index (χ2v) is 13.5. The number of fused-ring (bicyclic) bond motifs is 1. The van der Waals surface area contributed by atoms with E-state index in [1.807, 2.05) is 0 Å². The molecule has 0 N–H and O–H groups in total. The van der Waals surface area contributed by atoms with Crippen molar-refractivity contribution >= 4 is 33.3 Å². The van der Waals surface area contributed by atoms with Crippen LogP contribution in [0.2, 0.25) is 0 Å². The van der Waals surface area contributed by atoms with Crippen LogP contribution < -0.4 is 0 Å². The largest absolute Gasteiger partial charge is 0.456 e. The van der Waals surface area contributed by atoms with Gasteiger partial charge in [-0.2, -0.15) is 8.78 Å². The first-order chi connectivity index (χ1) is 19.0.